The summed E-state index contributed by atoms with van der Waals surface area (Å²) in [6.07, 6.45) is 5.88. The molecule has 0 bridgehead atoms. The number of hydrogen-bond donors (Lipinski definition) is 0. The van der Waals surface area contributed by atoms with E-state index in [0.29, 0.717) is 19.1 Å². The smallest absolute Gasteiger partial charge is 0.298 e. The Hall–Kier alpha value is -2.93. The van der Waals surface area contributed by atoms with Gasteiger partial charge in [-0.05, 0) is 49.7 Å². The average Bonchev–Trinajstić information content (AvgIpc) is 3.45. The first kappa shape index (κ1) is 18.1. The quantitative estimate of drug-likeness (QED) is 0.681. The van der Waals surface area contributed by atoms with Gasteiger partial charge in [-0.2, -0.15) is 4.98 Å². The van der Waals surface area contributed by atoms with Crippen molar-refractivity contribution in [3.8, 4) is 0 Å². The van der Waals surface area contributed by atoms with E-state index in [-0.39, 0.29) is 11.9 Å². The summed E-state index contributed by atoms with van der Waals surface area (Å²) >= 11 is 0. The number of oxazole rings is 1. The summed E-state index contributed by atoms with van der Waals surface area (Å²) in [5, 5.41) is 0. The van der Waals surface area contributed by atoms with Gasteiger partial charge in [0.25, 0.3) is 6.01 Å². The highest BCUT2D eigenvalue weighted by Crippen LogP contribution is 2.28. The van der Waals surface area contributed by atoms with Gasteiger partial charge in [0.15, 0.2) is 5.58 Å². The Bertz CT molecular complexity index is 942. The predicted octanol–water partition coefficient (Wildman–Crippen LogP) is 2.71. The number of amides is 1. The lowest BCUT2D eigenvalue weighted by molar-refractivity contribution is -0.137. The third-order valence-corrected chi connectivity index (χ3v) is 5.88. The van der Waals surface area contributed by atoms with Crippen LogP contribution in [-0.2, 0) is 4.79 Å². The van der Waals surface area contributed by atoms with Gasteiger partial charge in [-0.25, -0.2) is 0 Å². The van der Waals surface area contributed by atoms with Gasteiger partial charge in [0, 0.05) is 38.6 Å². The van der Waals surface area contributed by atoms with Gasteiger partial charge < -0.3 is 14.2 Å². The maximum Gasteiger partial charge on any atom is 0.298 e. The maximum absolute atomic E-state index is 13.5. The number of para-hydroxylation sites is 2. The molecule has 2 aromatic heterocycles. The Labute approximate surface area is 169 Å². The van der Waals surface area contributed by atoms with Gasteiger partial charge in [-0.15, -0.1) is 0 Å². The topological polar surface area (TPSA) is 65.7 Å². The molecular weight excluding hydrogens is 366 g/mol. The van der Waals surface area contributed by atoms with Gasteiger partial charge in [0.1, 0.15) is 11.6 Å². The molecule has 0 radical (unpaired) electrons. The van der Waals surface area contributed by atoms with Crippen LogP contribution in [0.5, 0.6) is 0 Å². The highest BCUT2D eigenvalue weighted by atomic mass is 16.4. The molecule has 0 spiro atoms. The summed E-state index contributed by atoms with van der Waals surface area (Å²) in [5.74, 6) is 0.178. The number of carbonyl (C=O) groups is 1. The minimum atomic E-state index is -0.234. The zero-order valence-corrected chi connectivity index (χ0v) is 16.4. The lowest BCUT2D eigenvalue weighted by Gasteiger charge is -2.37. The van der Waals surface area contributed by atoms with Gasteiger partial charge in [0.05, 0.1) is 0 Å². The second kappa shape index (κ2) is 7.83. The summed E-state index contributed by atoms with van der Waals surface area (Å²) in [6, 6.07) is 12.1. The zero-order chi connectivity index (χ0) is 19.6. The lowest BCUT2D eigenvalue weighted by Crippen LogP contribution is -2.52. The number of fused-ring (bicyclic) bond motifs is 1. The van der Waals surface area contributed by atoms with Crippen LogP contribution in [0, 0.1) is 0 Å². The maximum atomic E-state index is 13.5. The molecular formula is C22H25N5O2. The Balaban J connectivity index is 1.30. The zero-order valence-electron chi connectivity index (χ0n) is 16.4. The number of carbonyl (C=O) groups excluding carboxylic acids is 1. The molecule has 0 aliphatic carbocycles. The summed E-state index contributed by atoms with van der Waals surface area (Å²) < 4.78 is 5.90. The number of anilines is 1. The van der Waals surface area contributed by atoms with Crippen molar-refractivity contribution < 1.29 is 9.21 Å². The van der Waals surface area contributed by atoms with E-state index in [1.54, 1.807) is 6.20 Å². The van der Waals surface area contributed by atoms with E-state index >= 15 is 0 Å². The molecule has 1 amide bonds. The van der Waals surface area contributed by atoms with Crippen molar-refractivity contribution in [3.63, 3.8) is 0 Å². The molecule has 0 saturated carbocycles. The van der Waals surface area contributed by atoms with Crippen LogP contribution in [0.3, 0.4) is 0 Å². The van der Waals surface area contributed by atoms with Crippen molar-refractivity contribution in [2.45, 2.75) is 18.9 Å². The van der Waals surface area contributed by atoms with Crippen LogP contribution in [-0.4, -0.2) is 64.9 Å². The van der Waals surface area contributed by atoms with E-state index in [4.69, 9.17) is 4.42 Å². The number of nitrogens with zero attached hydrogens (tertiary/aromatic N) is 5. The Morgan fingerprint density at radius 2 is 1.76 bits per heavy atom. The molecule has 1 unspecified atom stereocenters. The largest absolute Gasteiger partial charge is 0.423 e. The van der Waals surface area contributed by atoms with Crippen molar-refractivity contribution in [1.82, 2.24) is 19.8 Å². The molecule has 2 saturated heterocycles. The first-order chi connectivity index (χ1) is 14.3. The highest BCUT2D eigenvalue weighted by molar-refractivity contribution is 5.83. The molecule has 4 heterocycles. The van der Waals surface area contributed by atoms with Gasteiger partial charge in [-0.3, -0.25) is 14.7 Å². The Morgan fingerprint density at radius 3 is 2.48 bits per heavy atom. The van der Waals surface area contributed by atoms with Crippen LogP contribution in [0.25, 0.3) is 11.1 Å². The third kappa shape index (κ3) is 3.58. The summed E-state index contributed by atoms with van der Waals surface area (Å²) in [6.45, 7) is 4.71. The van der Waals surface area contributed by atoms with Gasteiger partial charge in [0.2, 0.25) is 5.91 Å². The number of pyridine rings is 1. The first-order valence-corrected chi connectivity index (χ1v) is 10.3. The summed E-state index contributed by atoms with van der Waals surface area (Å²) in [7, 11) is 0. The summed E-state index contributed by atoms with van der Waals surface area (Å²) in [5.41, 5.74) is 2.65. The van der Waals surface area contributed by atoms with Crippen molar-refractivity contribution in [2.75, 3.05) is 44.2 Å². The SMILES string of the molecule is O=C(C(c1cccnc1)N1CCCC1)N1CCN(c2nc3ccccc3o2)CC1. The second-order valence-corrected chi connectivity index (χ2v) is 7.71. The number of likely N-dealkylation sites (tertiary alicyclic amines) is 1. The molecule has 0 N–H and O–H groups in total. The predicted molar refractivity (Wildman–Crippen MR) is 111 cm³/mol. The number of aromatic nitrogens is 2. The molecule has 2 aliphatic heterocycles. The van der Waals surface area contributed by atoms with Crippen LogP contribution in [0.2, 0.25) is 0 Å². The molecule has 3 aromatic rings. The van der Waals surface area contributed by atoms with E-state index < -0.39 is 0 Å². The van der Waals surface area contributed by atoms with E-state index in [1.807, 2.05) is 47.5 Å². The van der Waals surface area contributed by atoms with Crippen LogP contribution in [0.4, 0.5) is 6.01 Å². The number of piperazine rings is 1. The van der Waals surface area contributed by atoms with Crippen LogP contribution >= 0.6 is 0 Å². The van der Waals surface area contributed by atoms with Gasteiger partial charge in [-0.1, -0.05) is 18.2 Å². The van der Waals surface area contributed by atoms with E-state index in [0.717, 1.165) is 55.7 Å². The molecule has 29 heavy (non-hydrogen) atoms. The van der Waals surface area contributed by atoms with Crippen LogP contribution < -0.4 is 4.90 Å². The molecule has 7 heteroatoms. The molecule has 7 nitrogen and oxygen atoms in total. The third-order valence-electron chi connectivity index (χ3n) is 5.88. The molecule has 2 aliphatic rings. The average molecular weight is 391 g/mol. The van der Waals surface area contributed by atoms with E-state index in [1.165, 1.54) is 0 Å². The lowest BCUT2D eigenvalue weighted by atomic mass is 10.1. The fourth-order valence-corrected chi connectivity index (χ4v) is 4.33. The Morgan fingerprint density at radius 1 is 0.966 bits per heavy atom. The monoisotopic (exact) mass is 391 g/mol. The fraction of sp³-hybridized carbons (Fsp3) is 0.409. The van der Waals surface area contributed by atoms with Crippen LogP contribution in [0.15, 0.2) is 53.2 Å². The first-order valence-electron chi connectivity index (χ1n) is 10.3. The molecule has 1 atom stereocenters. The van der Waals surface area contributed by atoms with Crippen molar-refractivity contribution in [1.29, 1.82) is 0 Å². The van der Waals surface area contributed by atoms with E-state index in [9.17, 15) is 4.79 Å². The number of rotatable bonds is 4. The molecule has 5 rings (SSSR count). The van der Waals surface area contributed by atoms with Crippen molar-refractivity contribution in [3.05, 3.63) is 54.4 Å². The standard InChI is InChI=1S/C22H25N5O2/c28-21(20(25-10-3-4-11-25)17-6-5-9-23-16-17)26-12-14-27(15-13-26)22-24-18-7-1-2-8-19(18)29-22/h1-2,5-9,16,20H,3-4,10-15H2. The molecule has 1 aromatic carbocycles. The molecule has 2 fully saturated rings. The van der Waals surface area contributed by atoms with E-state index in [2.05, 4.69) is 19.8 Å². The fourth-order valence-electron chi connectivity index (χ4n) is 4.33. The van der Waals surface area contributed by atoms with Crippen molar-refractivity contribution in [2.24, 2.45) is 0 Å². The minimum absolute atomic E-state index is 0.178. The van der Waals surface area contributed by atoms with Gasteiger partial charge >= 0.3 is 0 Å². The number of hydrogen-bond acceptors (Lipinski definition) is 6. The number of benzene rings is 1. The second-order valence-electron chi connectivity index (χ2n) is 7.71. The van der Waals surface area contributed by atoms with Crippen molar-refractivity contribution >= 4 is 23.0 Å². The summed E-state index contributed by atoms with van der Waals surface area (Å²) in [4.78, 5) is 28.7. The molecule has 150 valence electrons. The highest BCUT2D eigenvalue weighted by Gasteiger charge is 2.34. The normalized spacial score (nSPS) is 19.0. The minimum Gasteiger partial charge on any atom is -0.423 e. The van der Waals surface area contributed by atoms with Crippen LogP contribution in [0.1, 0.15) is 24.4 Å². The Kier molecular flexibility index (Phi) is 4.89.